The second kappa shape index (κ2) is 9.55. The molecule has 0 aliphatic carbocycles. The molecule has 2 aromatic carbocycles. The average molecular weight is 362 g/mol. The molecule has 0 aliphatic rings. The molecule has 0 spiro atoms. The fraction of sp³-hybridized carbons (Fsp3) is 0.235. The fourth-order valence-electron chi connectivity index (χ4n) is 1.96. The third-order valence-corrected chi connectivity index (χ3v) is 3.55. The lowest BCUT2D eigenvalue weighted by Crippen LogP contribution is -2.29. The second-order valence-corrected chi connectivity index (χ2v) is 5.78. The van der Waals surface area contributed by atoms with Crippen LogP contribution in [0.3, 0.4) is 0 Å². The minimum absolute atomic E-state index is 0.183. The van der Waals surface area contributed by atoms with E-state index in [-0.39, 0.29) is 24.9 Å². The molecular weight excluding hydrogens is 344 g/mol. The number of rotatable bonds is 8. The van der Waals surface area contributed by atoms with Crippen molar-refractivity contribution in [2.24, 2.45) is 10.1 Å². The Balaban J connectivity index is 1.75. The SMILES string of the molecule is NC(CCOC(=O)c1ccccc1)COc1cccc(N=S(=O)=O)c1. The monoisotopic (exact) mass is 362 g/mol. The van der Waals surface area contributed by atoms with Gasteiger partial charge in [0.1, 0.15) is 12.4 Å². The van der Waals surface area contributed by atoms with Crippen LogP contribution in [0, 0.1) is 0 Å². The van der Waals surface area contributed by atoms with Crippen LogP contribution < -0.4 is 10.5 Å². The maximum Gasteiger partial charge on any atom is 0.338 e. The third-order valence-electron chi connectivity index (χ3n) is 3.19. The maximum absolute atomic E-state index is 11.8. The normalized spacial score (nSPS) is 11.4. The number of carbonyl (C=O) groups is 1. The van der Waals surface area contributed by atoms with Gasteiger partial charge in [0.2, 0.25) is 0 Å². The lowest BCUT2D eigenvalue weighted by molar-refractivity contribution is 0.0487. The molecule has 1 atom stereocenters. The Morgan fingerprint density at radius 3 is 2.60 bits per heavy atom. The zero-order valence-electron chi connectivity index (χ0n) is 13.4. The summed E-state index contributed by atoms with van der Waals surface area (Å²) < 4.78 is 35.2. The Morgan fingerprint density at radius 1 is 1.12 bits per heavy atom. The predicted molar refractivity (Wildman–Crippen MR) is 92.3 cm³/mol. The number of benzene rings is 2. The topological polar surface area (TPSA) is 108 Å². The van der Waals surface area contributed by atoms with Gasteiger partial charge >= 0.3 is 16.5 Å². The molecule has 8 heteroatoms. The number of esters is 1. The van der Waals surface area contributed by atoms with Crippen LogP contribution in [0.25, 0.3) is 0 Å². The smallest absolute Gasteiger partial charge is 0.338 e. The molecular formula is C17H18N2O5S. The fourth-order valence-corrected chi connectivity index (χ4v) is 2.25. The molecule has 25 heavy (non-hydrogen) atoms. The van der Waals surface area contributed by atoms with Gasteiger partial charge in [-0.05, 0) is 30.7 Å². The summed E-state index contributed by atoms with van der Waals surface area (Å²) in [5.41, 5.74) is 6.69. The second-order valence-electron chi connectivity index (χ2n) is 5.17. The summed E-state index contributed by atoms with van der Waals surface area (Å²) >= 11 is 0. The van der Waals surface area contributed by atoms with E-state index in [1.165, 1.54) is 6.07 Å². The summed E-state index contributed by atoms with van der Waals surface area (Å²) in [6.07, 6.45) is 0.438. The number of carbonyl (C=O) groups excluding carboxylic acids is 1. The Bertz CT molecular complexity index is 829. The maximum atomic E-state index is 11.8. The van der Waals surface area contributed by atoms with E-state index in [1.54, 1.807) is 42.5 Å². The van der Waals surface area contributed by atoms with Crippen LogP contribution in [-0.2, 0) is 15.2 Å². The quantitative estimate of drug-likeness (QED) is 0.722. The molecule has 2 aromatic rings. The molecule has 0 saturated carbocycles. The highest BCUT2D eigenvalue weighted by atomic mass is 32.2. The van der Waals surface area contributed by atoms with Gasteiger partial charge in [0.05, 0.1) is 17.9 Å². The highest BCUT2D eigenvalue weighted by Crippen LogP contribution is 2.19. The van der Waals surface area contributed by atoms with Crippen LogP contribution in [-0.4, -0.2) is 33.6 Å². The summed E-state index contributed by atoms with van der Waals surface area (Å²) in [5, 5.41) is 0. The van der Waals surface area contributed by atoms with E-state index >= 15 is 0 Å². The Kier molecular flexibility index (Phi) is 7.12. The number of nitrogens with two attached hydrogens (primary N) is 1. The highest BCUT2D eigenvalue weighted by molar-refractivity contribution is 7.61. The van der Waals surface area contributed by atoms with Crippen LogP contribution in [0.2, 0.25) is 0 Å². The lowest BCUT2D eigenvalue weighted by Gasteiger charge is -2.13. The summed E-state index contributed by atoms with van der Waals surface area (Å²) in [7, 11) is -2.52. The van der Waals surface area contributed by atoms with E-state index < -0.39 is 16.5 Å². The third kappa shape index (κ3) is 6.74. The molecule has 2 rings (SSSR count). The van der Waals surface area contributed by atoms with E-state index in [1.807, 2.05) is 6.07 Å². The predicted octanol–water partition coefficient (Wildman–Crippen LogP) is 2.33. The molecule has 1 unspecified atom stereocenters. The van der Waals surface area contributed by atoms with Gasteiger partial charge in [-0.3, -0.25) is 0 Å². The molecule has 0 bridgehead atoms. The molecule has 132 valence electrons. The van der Waals surface area contributed by atoms with Crippen molar-refractivity contribution < 1.29 is 22.7 Å². The van der Waals surface area contributed by atoms with E-state index in [2.05, 4.69) is 4.36 Å². The van der Waals surface area contributed by atoms with Crippen LogP contribution in [0.5, 0.6) is 5.75 Å². The molecule has 0 heterocycles. The minimum atomic E-state index is -2.52. The van der Waals surface area contributed by atoms with Crippen molar-refractivity contribution >= 4 is 22.2 Å². The standard InChI is InChI=1S/C17H18N2O5S/c18-14(9-10-23-17(20)13-5-2-1-3-6-13)12-24-16-8-4-7-15(11-16)19-25(21)22/h1-8,11,14H,9-10,12,18H2. The van der Waals surface area contributed by atoms with Crippen LogP contribution in [0.4, 0.5) is 5.69 Å². The van der Waals surface area contributed by atoms with Crippen molar-refractivity contribution in [1.29, 1.82) is 0 Å². The minimum Gasteiger partial charge on any atom is -0.492 e. The van der Waals surface area contributed by atoms with Gasteiger partial charge in [-0.1, -0.05) is 24.3 Å². The summed E-state index contributed by atoms with van der Waals surface area (Å²) in [5.74, 6) is 0.0667. The Labute approximate surface area is 147 Å². The number of hydrogen-bond acceptors (Lipinski definition) is 7. The van der Waals surface area contributed by atoms with Gasteiger partial charge < -0.3 is 15.2 Å². The lowest BCUT2D eigenvalue weighted by atomic mass is 10.2. The van der Waals surface area contributed by atoms with E-state index in [0.717, 1.165) is 0 Å². The van der Waals surface area contributed by atoms with E-state index in [9.17, 15) is 13.2 Å². The van der Waals surface area contributed by atoms with Crippen LogP contribution in [0.15, 0.2) is 59.0 Å². The van der Waals surface area contributed by atoms with Gasteiger partial charge in [0.25, 0.3) is 0 Å². The first-order chi connectivity index (χ1) is 12.0. The molecule has 0 radical (unpaired) electrons. The molecule has 0 aliphatic heterocycles. The molecule has 7 nitrogen and oxygen atoms in total. The first-order valence-electron chi connectivity index (χ1n) is 7.56. The number of hydrogen-bond donors (Lipinski definition) is 1. The Hall–Kier alpha value is -2.71. The first kappa shape index (κ1) is 18.6. The molecule has 0 fully saturated rings. The molecule has 2 N–H and O–H groups in total. The van der Waals surface area contributed by atoms with Crippen molar-refractivity contribution in [1.82, 2.24) is 0 Å². The van der Waals surface area contributed by atoms with Gasteiger partial charge in [0.15, 0.2) is 0 Å². The first-order valence-corrected chi connectivity index (χ1v) is 8.59. The van der Waals surface area contributed by atoms with E-state index in [4.69, 9.17) is 15.2 Å². The highest BCUT2D eigenvalue weighted by Gasteiger charge is 2.09. The largest absolute Gasteiger partial charge is 0.492 e. The summed E-state index contributed by atoms with van der Waals surface area (Å²) in [6, 6.07) is 14.7. The Morgan fingerprint density at radius 2 is 1.88 bits per heavy atom. The number of ether oxygens (including phenoxy) is 2. The van der Waals surface area contributed by atoms with Crippen molar-refractivity contribution in [2.75, 3.05) is 13.2 Å². The van der Waals surface area contributed by atoms with Gasteiger partial charge in [0, 0.05) is 12.1 Å². The summed E-state index contributed by atoms with van der Waals surface area (Å²) in [6.45, 7) is 0.385. The zero-order chi connectivity index (χ0) is 18.1. The van der Waals surface area contributed by atoms with Gasteiger partial charge in [-0.2, -0.15) is 8.42 Å². The van der Waals surface area contributed by atoms with Crippen LogP contribution in [0.1, 0.15) is 16.8 Å². The molecule has 0 amide bonds. The van der Waals surface area contributed by atoms with Crippen molar-refractivity contribution in [3.63, 3.8) is 0 Å². The summed E-state index contributed by atoms with van der Waals surface area (Å²) in [4.78, 5) is 11.8. The molecule has 0 saturated heterocycles. The van der Waals surface area contributed by atoms with Crippen molar-refractivity contribution in [3.8, 4) is 5.75 Å². The van der Waals surface area contributed by atoms with Gasteiger partial charge in [-0.25, -0.2) is 4.79 Å². The zero-order valence-corrected chi connectivity index (χ0v) is 14.2. The molecule has 0 aromatic heterocycles. The van der Waals surface area contributed by atoms with Crippen molar-refractivity contribution in [3.05, 3.63) is 60.2 Å². The van der Waals surface area contributed by atoms with Gasteiger partial charge in [-0.15, -0.1) is 4.36 Å². The number of nitrogens with zero attached hydrogens (tertiary/aromatic N) is 1. The van der Waals surface area contributed by atoms with E-state index in [0.29, 0.717) is 17.7 Å². The van der Waals surface area contributed by atoms with Crippen LogP contribution >= 0.6 is 0 Å². The van der Waals surface area contributed by atoms with Crippen molar-refractivity contribution in [2.45, 2.75) is 12.5 Å². The average Bonchev–Trinajstić information content (AvgIpc) is 2.60.